The van der Waals surface area contributed by atoms with Gasteiger partial charge < -0.3 is 14.4 Å². The Balaban J connectivity index is 1.92. The molecule has 2 aromatic rings. The van der Waals surface area contributed by atoms with E-state index in [9.17, 15) is 0 Å². The smallest absolute Gasteiger partial charge is 0.161 e. The molecule has 2 atom stereocenters. The summed E-state index contributed by atoms with van der Waals surface area (Å²) in [6, 6.07) is 13.9. The molecule has 0 radical (unpaired) electrons. The maximum absolute atomic E-state index is 5.60. The largest absolute Gasteiger partial charge is 0.493 e. The Morgan fingerprint density at radius 3 is 2.46 bits per heavy atom. The number of likely N-dealkylation sites (N-methyl/N-ethyl adjacent to an activating group) is 1. The first-order chi connectivity index (χ1) is 11.7. The van der Waals surface area contributed by atoms with E-state index in [0.717, 1.165) is 24.5 Å². The van der Waals surface area contributed by atoms with Gasteiger partial charge in [-0.1, -0.05) is 24.3 Å². The summed E-state index contributed by atoms with van der Waals surface area (Å²) in [6.07, 6.45) is 3.44. The van der Waals surface area contributed by atoms with Crippen molar-refractivity contribution >= 4 is 0 Å². The minimum absolute atomic E-state index is 0.414. The molecule has 3 nitrogen and oxygen atoms in total. The number of hydrogen-bond donors (Lipinski definition) is 0. The molecule has 0 aromatic heterocycles. The van der Waals surface area contributed by atoms with Crippen molar-refractivity contribution in [1.82, 2.24) is 4.90 Å². The van der Waals surface area contributed by atoms with Gasteiger partial charge in [0.25, 0.3) is 0 Å². The van der Waals surface area contributed by atoms with Crippen molar-refractivity contribution in [2.24, 2.45) is 0 Å². The lowest BCUT2D eigenvalue weighted by Crippen LogP contribution is -2.39. The summed E-state index contributed by atoms with van der Waals surface area (Å²) in [4.78, 5) is 2.54. The van der Waals surface area contributed by atoms with E-state index in [4.69, 9.17) is 9.47 Å². The van der Waals surface area contributed by atoms with Gasteiger partial charge in [-0.3, -0.25) is 0 Å². The van der Waals surface area contributed by atoms with Gasteiger partial charge in [-0.05, 0) is 60.7 Å². The molecule has 2 aromatic carbocycles. The SMILES string of the molecule is COc1cc2c(cc1OC)[C@H]1c3ccccc3CC[C@@H]1N(C)CC2. The van der Waals surface area contributed by atoms with Gasteiger partial charge in [-0.25, -0.2) is 0 Å². The summed E-state index contributed by atoms with van der Waals surface area (Å²) in [7, 11) is 5.71. The molecule has 0 spiro atoms. The molecule has 0 N–H and O–H groups in total. The van der Waals surface area contributed by atoms with Crippen LogP contribution >= 0.6 is 0 Å². The van der Waals surface area contributed by atoms with E-state index in [1.165, 1.54) is 35.1 Å². The average molecular weight is 323 g/mol. The zero-order valence-corrected chi connectivity index (χ0v) is 14.7. The Labute approximate surface area is 144 Å². The maximum atomic E-state index is 5.60. The van der Waals surface area contributed by atoms with Crippen molar-refractivity contribution < 1.29 is 9.47 Å². The van der Waals surface area contributed by atoms with E-state index in [2.05, 4.69) is 48.3 Å². The van der Waals surface area contributed by atoms with E-state index in [1.807, 2.05) is 0 Å². The third-order valence-electron chi connectivity index (χ3n) is 5.76. The van der Waals surface area contributed by atoms with Gasteiger partial charge in [0, 0.05) is 18.5 Å². The number of methoxy groups -OCH3 is 2. The Kier molecular flexibility index (Phi) is 3.97. The fraction of sp³-hybridized carbons (Fsp3) is 0.429. The van der Waals surface area contributed by atoms with E-state index in [0.29, 0.717) is 12.0 Å². The molecule has 4 rings (SSSR count). The zero-order chi connectivity index (χ0) is 16.7. The first kappa shape index (κ1) is 15.5. The molecule has 1 aliphatic carbocycles. The number of hydrogen-bond acceptors (Lipinski definition) is 3. The molecule has 0 amide bonds. The zero-order valence-electron chi connectivity index (χ0n) is 14.7. The Morgan fingerprint density at radius 2 is 1.67 bits per heavy atom. The standard InChI is InChI=1S/C21H25NO2/c1-22-11-10-15-12-19(23-2)20(24-3)13-17(15)21-16-7-5-4-6-14(16)8-9-18(21)22/h4-7,12-13,18,21H,8-11H2,1-3H3/t18-,21+/m0/s1. The first-order valence-corrected chi connectivity index (χ1v) is 8.75. The Bertz CT molecular complexity index is 755. The van der Waals surface area contributed by atoms with Gasteiger partial charge >= 0.3 is 0 Å². The van der Waals surface area contributed by atoms with Gasteiger partial charge in [0.2, 0.25) is 0 Å². The monoisotopic (exact) mass is 323 g/mol. The second-order valence-corrected chi connectivity index (χ2v) is 6.92. The third-order valence-corrected chi connectivity index (χ3v) is 5.76. The second kappa shape index (κ2) is 6.14. The van der Waals surface area contributed by atoms with E-state index >= 15 is 0 Å². The predicted molar refractivity (Wildman–Crippen MR) is 96.3 cm³/mol. The third kappa shape index (κ3) is 2.39. The summed E-state index contributed by atoms with van der Waals surface area (Å²) in [5.41, 5.74) is 5.78. The van der Waals surface area contributed by atoms with Crippen molar-refractivity contribution in [2.45, 2.75) is 31.2 Å². The number of nitrogens with zero attached hydrogens (tertiary/aromatic N) is 1. The number of benzene rings is 2. The molecule has 0 bridgehead atoms. The van der Waals surface area contributed by atoms with Crippen molar-refractivity contribution in [3.8, 4) is 11.5 Å². The first-order valence-electron chi connectivity index (χ1n) is 8.75. The molecule has 0 fully saturated rings. The van der Waals surface area contributed by atoms with Crippen LogP contribution < -0.4 is 9.47 Å². The fourth-order valence-corrected chi connectivity index (χ4v) is 4.50. The van der Waals surface area contributed by atoms with Crippen LogP contribution in [0.5, 0.6) is 11.5 Å². The topological polar surface area (TPSA) is 21.7 Å². The van der Waals surface area contributed by atoms with E-state index in [-0.39, 0.29) is 0 Å². The number of ether oxygens (including phenoxy) is 2. The van der Waals surface area contributed by atoms with Crippen molar-refractivity contribution in [1.29, 1.82) is 0 Å². The van der Waals surface area contributed by atoms with Crippen LogP contribution in [0.4, 0.5) is 0 Å². The highest BCUT2D eigenvalue weighted by atomic mass is 16.5. The highest BCUT2D eigenvalue weighted by Gasteiger charge is 2.36. The maximum Gasteiger partial charge on any atom is 0.161 e. The molecule has 1 heterocycles. The van der Waals surface area contributed by atoms with Crippen molar-refractivity contribution in [3.05, 3.63) is 58.7 Å². The van der Waals surface area contributed by atoms with Crippen LogP contribution in [-0.2, 0) is 12.8 Å². The molecule has 2 aliphatic rings. The van der Waals surface area contributed by atoms with Crippen LogP contribution in [-0.4, -0.2) is 38.8 Å². The van der Waals surface area contributed by atoms with Crippen molar-refractivity contribution in [2.75, 3.05) is 27.8 Å². The van der Waals surface area contributed by atoms with Gasteiger partial charge in [-0.2, -0.15) is 0 Å². The Morgan fingerprint density at radius 1 is 0.917 bits per heavy atom. The molecular weight excluding hydrogens is 298 g/mol. The fourth-order valence-electron chi connectivity index (χ4n) is 4.50. The number of aryl methyl sites for hydroxylation is 1. The van der Waals surface area contributed by atoms with Crippen LogP contribution in [0.15, 0.2) is 36.4 Å². The van der Waals surface area contributed by atoms with Crippen molar-refractivity contribution in [3.63, 3.8) is 0 Å². The summed E-state index contributed by atoms with van der Waals surface area (Å²) >= 11 is 0. The lowest BCUT2D eigenvalue weighted by molar-refractivity contribution is 0.214. The predicted octanol–water partition coefficient (Wildman–Crippen LogP) is 3.64. The minimum atomic E-state index is 0.414. The van der Waals surface area contributed by atoms with Gasteiger partial charge in [0.15, 0.2) is 11.5 Å². The molecular formula is C21H25NO2. The van der Waals surface area contributed by atoms with Gasteiger partial charge in [-0.15, -0.1) is 0 Å². The lowest BCUT2D eigenvalue weighted by Gasteiger charge is -2.38. The molecule has 3 heteroatoms. The van der Waals surface area contributed by atoms with Crippen LogP contribution in [0.25, 0.3) is 0 Å². The minimum Gasteiger partial charge on any atom is -0.493 e. The van der Waals surface area contributed by atoms with Crippen LogP contribution in [0.1, 0.15) is 34.6 Å². The summed E-state index contributed by atoms with van der Waals surface area (Å²) < 4.78 is 11.1. The van der Waals surface area contributed by atoms with Gasteiger partial charge in [0.05, 0.1) is 14.2 Å². The highest BCUT2D eigenvalue weighted by molar-refractivity contribution is 5.53. The summed E-state index contributed by atoms with van der Waals surface area (Å²) in [6.45, 7) is 1.09. The highest BCUT2D eigenvalue weighted by Crippen LogP contribution is 2.45. The summed E-state index contributed by atoms with van der Waals surface area (Å²) in [5.74, 6) is 2.08. The molecule has 24 heavy (non-hydrogen) atoms. The normalized spacial score (nSPS) is 22.8. The quantitative estimate of drug-likeness (QED) is 0.842. The van der Waals surface area contributed by atoms with Crippen LogP contribution in [0.3, 0.4) is 0 Å². The van der Waals surface area contributed by atoms with Gasteiger partial charge in [0.1, 0.15) is 0 Å². The summed E-state index contributed by atoms with van der Waals surface area (Å²) in [5, 5.41) is 0. The van der Waals surface area contributed by atoms with Crippen LogP contribution in [0.2, 0.25) is 0 Å². The molecule has 126 valence electrons. The van der Waals surface area contributed by atoms with E-state index in [1.54, 1.807) is 14.2 Å². The molecule has 0 saturated heterocycles. The molecule has 1 aliphatic heterocycles. The molecule has 0 saturated carbocycles. The Hall–Kier alpha value is -2.00. The molecule has 0 unspecified atom stereocenters. The second-order valence-electron chi connectivity index (χ2n) is 6.92. The average Bonchev–Trinajstić information content (AvgIpc) is 2.77. The van der Waals surface area contributed by atoms with E-state index < -0.39 is 0 Å². The lowest BCUT2D eigenvalue weighted by atomic mass is 9.74. The van der Waals surface area contributed by atoms with Crippen LogP contribution in [0, 0.1) is 0 Å². The number of fused-ring (bicyclic) bond motifs is 5. The number of rotatable bonds is 2.